The number of aryl methyl sites for hydroxylation is 2. The second kappa shape index (κ2) is 8.43. The number of ether oxygens (including phenoxy) is 1. The molecule has 0 fully saturated rings. The zero-order valence-electron chi connectivity index (χ0n) is 12.8. The van der Waals surface area contributed by atoms with Crippen LogP contribution >= 0.6 is 0 Å². The Bertz CT molecular complexity index is 433. The van der Waals surface area contributed by atoms with Gasteiger partial charge in [0, 0.05) is 6.54 Å². The van der Waals surface area contributed by atoms with Crippen molar-refractivity contribution in [3.8, 4) is 5.75 Å². The predicted octanol–water partition coefficient (Wildman–Crippen LogP) is 1.89. The molecule has 0 spiro atoms. The van der Waals surface area contributed by atoms with Crippen LogP contribution in [-0.4, -0.2) is 44.8 Å². The van der Waals surface area contributed by atoms with Gasteiger partial charge in [0.2, 0.25) is 0 Å². The van der Waals surface area contributed by atoms with Gasteiger partial charge in [-0.05, 0) is 52.5 Å². The summed E-state index contributed by atoms with van der Waals surface area (Å²) in [7, 11) is 4.02. The Morgan fingerprint density at radius 3 is 2.65 bits per heavy atom. The molecule has 2 N–H and O–H groups in total. The van der Waals surface area contributed by atoms with Gasteiger partial charge in [0.05, 0.1) is 0 Å². The van der Waals surface area contributed by atoms with E-state index in [1.54, 1.807) is 0 Å². The summed E-state index contributed by atoms with van der Waals surface area (Å²) in [5.41, 5.74) is 2.26. The van der Waals surface area contributed by atoms with Crippen LogP contribution in [0.4, 0.5) is 4.79 Å². The smallest absolute Gasteiger partial charge is 0.317 e. The van der Waals surface area contributed by atoms with E-state index < -0.39 is 0 Å². The summed E-state index contributed by atoms with van der Waals surface area (Å²) in [6.07, 6.45) is 0.929. The molecule has 2 amide bonds. The zero-order chi connectivity index (χ0) is 15.0. The van der Waals surface area contributed by atoms with Crippen molar-refractivity contribution in [3.63, 3.8) is 0 Å². The van der Waals surface area contributed by atoms with E-state index in [2.05, 4.69) is 21.6 Å². The first-order valence-electron chi connectivity index (χ1n) is 6.85. The maximum atomic E-state index is 11.5. The fourth-order valence-electron chi connectivity index (χ4n) is 1.80. The highest BCUT2D eigenvalue weighted by Crippen LogP contribution is 2.18. The zero-order valence-corrected chi connectivity index (χ0v) is 12.8. The van der Waals surface area contributed by atoms with Crippen LogP contribution in [0.2, 0.25) is 0 Å². The third kappa shape index (κ3) is 6.43. The average molecular weight is 279 g/mol. The lowest BCUT2D eigenvalue weighted by molar-refractivity contribution is 0.223. The highest BCUT2D eigenvalue weighted by Gasteiger charge is 2.02. The fourth-order valence-corrected chi connectivity index (χ4v) is 1.80. The first-order valence-corrected chi connectivity index (χ1v) is 6.85. The summed E-state index contributed by atoms with van der Waals surface area (Å²) >= 11 is 0. The van der Waals surface area contributed by atoms with Crippen molar-refractivity contribution in [2.24, 2.45) is 0 Å². The van der Waals surface area contributed by atoms with Gasteiger partial charge in [-0.1, -0.05) is 17.7 Å². The summed E-state index contributed by atoms with van der Waals surface area (Å²) in [4.78, 5) is 13.6. The SMILES string of the molecule is Cc1ccc(OCNC(=O)NCCCN(C)C)c(C)c1. The number of urea groups is 1. The number of carbonyl (C=O) groups is 1. The van der Waals surface area contributed by atoms with Crippen LogP contribution in [0.3, 0.4) is 0 Å². The van der Waals surface area contributed by atoms with Crippen LogP contribution in [0.1, 0.15) is 17.5 Å². The van der Waals surface area contributed by atoms with E-state index in [1.807, 2.05) is 40.1 Å². The minimum absolute atomic E-state index is 0.170. The number of nitrogens with one attached hydrogen (secondary N) is 2. The fraction of sp³-hybridized carbons (Fsp3) is 0.533. The van der Waals surface area contributed by atoms with Crippen molar-refractivity contribution in [1.82, 2.24) is 15.5 Å². The van der Waals surface area contributed by atoms with Gasteiger partial charge >= 0.3 is 6.03 Å². The number of hydrogen-bond donors (Lipinski definition) is 2. The largest absolute Gasteiger partial charge is 0.473 e. The summed E-state index contributed by atoms with van der Waals surface area (Å²) in [5, 5.41) is 5.47. The third-order valence-corrected chi connectivity index (χ3v) is 2.86. The van der Waals surface area contributed by atoms with E-state index in [0.717, 1.165) is 24.3 Å². The standard InChI is InChI=1S/C15H25N3O2/c1-12-6-7-14(13(2)10-12)20-11-17-15(19)16-8-5-9-18(3)4/h6-7,10H,5,8-9,11H2,1-4H3,(H2,16,17,19). The van der Waals surface area contributed by atoms with Gasteiger partial charge in [0.15, 0.2) is 6.73 Å². The second-order valence-electron chi connectivity index (χ2n) is 5.15. The van der Waals surface area contributed by atoms with E-state index in [9.17, 15) is 4.79 Å². The lowest BCUT2D eigenvalue weighted by Crippen LogP contribution is -2.38. The van der Waals surface area contributed by atoms with Crippen molar-refractivity contribution in [3.05, 3.63) is 29.3 Å². The molecule has 1 rings (SSSR count). The first-order chi connectivity index (χ1) is 9.49. The average Bonchev–Trinajstić information content (AvgIpc) is 2.37. The number of nitrogens with zero attached hydrogens (tertiary/aromatic N) is 1. The molecule has 5 nitrogen and oxygen atoms in total. The maximum Gasteiger partial charge on any atom is 0.317 e. The van der Waals surface area contributed by atoms with E-state index in [-0.39, 0.29) is 12.8 Å². The topological polar surface area (TPSA) is 53.6 Å². The van der Waals surface area contributed by atoms with Crippen molar-refractivity contribution < 1.29 is 9.53 Å². The summed E-state index contributed by atoms with van der Waals surface area (Å²) in [6.45, 7) is 5.82. The van der Waals surface area contributed by atoms with Gasteiger partial charge in [-0.15, -0.1) is 0 Å². The van der Waals surface area contributed by atoms with E-state index in [0.29, 0.717) is 6.54 Å². The molecule has 0 aromatic heterocycles. The van der Waals surface area contributed by atoms with Gasteiger partial charge in [-0.25, -0.2) is 4.79 Å². The van der Waals surface area contributed by atoms with Crippen LogP contribution in [0.15, 0.2) is 18.2 Å². The van der Waals surface area contributed by atoms with Gasteiger partial charge in [0.25, 0.3) is 0 Å². The molecule has 0 atom stereocenters. The van der Waals surface area contributed by atoms with Crippen LogP contribution in [-0.2, 0) is 0 Å². The van der Waals surface area contributed by atoms with Crippen molar-refractivity contribution in [2.75, 3.05) is 33.9 Å². The maximum absolute atomic E-state index is 11.5. The Balaban J connectivity index is 2.18. The predicted molar refractivity (Wildman–Crippen MR) is 81.1 cm³/mol. The number of hydrogen-bond acceptors (Lipinski definition) is 3. The van der Waals surface area contributed by atoms with Crippen LogP contribution < -0.4 is 15.4 Å². The van der Waals surface area contributed by atoms with Crippen LogP contribution in [0.25, 0.3) is 0 Å². The summed E-state index contributed by atoms with van der Waals surface area (Å²) in [5.74, 6) is 0.795. The van der Waals surface area contributed by atoms with Crippen molar-refractivity contribution in [1.29, 1.82) is 0 Å². The molecule has 0 saturated heterocycles. The van der Waals surface area contributed by atoms with Gasteiger partial charge in [0.1, 0.15) is 5.75 Å². The monoisotopic (exact) mass is 279 g/mol. The molecule has 20 heavy (non-hydrogen) atoms. The molecule has 0 aliphatic heterocycles. The second-order valence-corrected chi connectivity index (χ2v) is 5.15. The molecule has 0 radical (unpaired) electrons. The Morgan fingerprint density at radius 1 is 1.25 bits per heavy atom. The molecule has 0 heterocycles. The number of benzene rings is 1. The molecule has 0 aliphatic rings. The lowest BCUT2D eigenvalue weighted by Gasteiger charge is -2.12. The van der Waals surface area contributed by atoms with E-state index in [4.69, 9.17) is 4.74 Å². The van der Waals surface area contributed by atoms with Gasteiger partial charge in [-0.3, -0.25) is 0 Å². The molecule has 1 aromatic carbocycles. The van der Waals surface area contributed by atoms with Gasteiger partial charge < -0.3 is 20.3 Å². The Morgan fingerprint density at radius 2 is 2.00 bits per heavy atom. The lowest BCUT2D eigenvalue weighted by atomic mass is 10.1. The van der Waals surface area contributed by atoms with Gasteiger partial charge in [-0.2, -0.15) is 0 Å². The minimum Gasteiger partial charge on any atom is -0.473 e. The molecular formula is C15H25N3O2. The summed E-state index contributed by atoms with van der Waals surface area (Å²) < 4.78 is 5.53. The normalized spacial score (nSPS) is 10.4. The summed E-state index contributed by atoms with van der Waals surface area (Å²) in [6, 6.07) is 5.76. The molecule has 0 bridgehead atoms. The van der Waals surface area contributed by atoms with Crippen LogP contribution in [0, 0.1) is 13.8 Å². The molecule has 5 heteroatoms. The minimum atomic E-state index is -0.200. The van der Waals surface area contributed by atoms with Crippen molar-refractivity contribution >= 4 is 6.03 Å². The Hall–Kier alpha value is -1.75. The molecule has 112 valence electrons. The Labute approximate surface area is 121 Å². The van der Waals surface area contributed by atoms with Crippen LogP contribution in [0.5, 0.6) is 5.75 Å². The molecular weight excluding hydrogens is 254 g/mol. The first kappa shape index (κ1) is 16.3. The third-order valence-electron chi connectivity index (χ3n) is 2.86. The number of rotatable bonds is 7. The quantitative estimate of drug-likeness (QED) is 0.592. The number of amides is 2. The highest BCUT2D eigenvalue weighted by atomic mass is 16.5. The van der Waals surface area contributed by atoms with E-state index >= 15 is 0 Å². The Kier molecular flexibility index (Phi) is 6.87. The number of carbonyl (C=O) groups excluding carboxylic acids is 1. The van der Waals surface area contributed by atoms with Crippen molar-refractivity contribution in [2.45, 2.75) is 20.3 Å². The molecule has 0 unspecified atom stereocenters. The molecule has 1 aromatic rings. The molecule has 0 saturated carbocycles. The van der Waals surface area contributed by atoms with E-state index in [1.165, 1.54) is 5.56 Å². The molecule has 0 aliphatic carbocycles. The highest BCUT2D eigenvalue weighted by molar-refractivity contribution is 5.73.